The van der Waals surface area contributed by atoms with E-state index in [-0.39, 0.29) is 34.3 Å². The number of hydrogen-bond donors (Lipinski definition) is 1. The summed E-state index contributed by atoms with van der Waals surface area (Å²) in [5.74, 6) is 0.484. The van der Waals surface area contributed by atoms with Crippen molar-refractivity contribution in [3.8, 4) is 5.75 Å². The first kappa shape index (κ1) is 23.1. The number of ether oxygens (including phenoxy) is 1. The highest BCUT2D eigenvalue weighted by atomic mass is 35.5. The Morgan fingerprint density at radius 3 is 2.29 bits per heavy atom. The lowest BCUT2D eigenvalue weighted by atomic mass is 9.49. The fraction of sp³-hybridized carbons (Fsp3) is 0.480. The third kappa shape index (κ3) is 4.27. The average Bonchev–Trinajstić information content (AvgIpc) is 2.69. The number of hydrogen-bond acceptors (Lipinski definition) is 3. The van der Waals surface area contributed by atoms with Crippen molar-refractivity contribution in [2.75, 3.05) is 0 Å². The van der Waals surface area contributed by atoms with E-state index in [1.54, 1.807) is 24.4 Å². The van der Waals surface area contributed by atoms with Crippen LogP contribution in [-0.4, -0.2) is 23.0 Å². The molecule has 1 saturated carbocycles. The summed E-state index contributed by atoms with van der Waals surface area (Å²) in [5.41, 5.74) is 1.23. The molecule has 164 valence electrons. The molecule has 6 heteroatoms. The molecule has 0 saturated heterocycles. The number of aromatic nitrogens is 1. The van der Waals surface area contributed by atoms with Gasteiger partial charge in [-0.2, -0.15) is 0 Å². The number of nitrogens with zero attached hydrogens (tertiary/aromatic N) is 2. The van der Waals surface area contributed by atoms with Gasteiger partial charge in [-0.25, -0.2) is 4.85 Å². The second-order valence-electron chi connectivity index (χ2n) is 10.5. The van der Waals surface area contributed by atoms with E-state index in [9.17, 15) is 4.79 Å². The number of rotatable bonds is 4. The molecule has 1 aromatic heterocycles. The van der Waals surface area contributed by atoms with Gasteiger partial charge in [-0.15, -0.1) is 0 Å². The summed E-state index contributed by atoms with van der Waals surface area (Å²) >= 11 is 6.16. The molecule has 1 aromatic carbocycles. The predicted molar refractivity (Wildman–Crippen MR) is 124 cm³/mol. The van der Waals surface area contributed by atoms with Gasteiger partial charge in [-0.3, -0.25) is 9.78 Å². The zero-order chi connectivity index (χ0) is 23.2. The van der Waals surface area contributed by atoms with Gasteiger partial charge in [0.15, 0.2) is 0 Å². The SMILES string of the molecule is [C-]#[N+]c1ccc(OC2C(C)(C)C(NC(=O)c3ccc(C(C)(C)C)nc3)C2(C)C)cc1Cl. The van der Waals surface area contributed by atoms with E-state index < -0.39 is 0 Å². The van der Waals surface area contributed by atoms with Crippen LogP contribution in [0.15, 0.2) is 36.5 Å². The molecule has 0 bridgehead atoms. The summed E-state index contributed by atoms with van der Waals surface area (Å²) in [5, 5.41) is 3.57. The van der Waals surface area contributed by atoms with Crippen LogP contribution >= 0.6 is 11.6 Å². The van der Waals surface area contributed by atoms with E-state index in [0.29, 0.717) is 22.0 Å². The van der Waals surface area contributed by atoms with Crippen LogP contribution in [0.4, 0.5) is 5.69 Å². The van der Waals surface area contributed by atoms with Crippen molar-refractivity contribution in [2.45, 2.75) is 66.0 Å². The van der Waals surface area contributed by atoms with Crippen LogP contribution in [0.2, 0.25) is 5.02 Å². The molecule has 1 heterocycles. The Hall–Kier alpha value is -2.58. The molecule has 2 aromatic rings. The minimum atomic E-state index is -0.303. The van der Waals surface area contributed by atoms with Crippen LogP contribution in [0.1, 0.15) is 64.5 Å². The number of nitrogens with one attached hydrogen (secondary N) is 1. The van der Waals surface area contributed by atoms with E-state index in [2.05, 4.69) is 63.6 Å². The van der Waals surface area contributed by atoms with Crippen LogP contribution in [-0.2, 0) is 5.41 Å². The third-order valence-electron chi connectivity index (χ3n) is 6.20. The molecular weight excluding hydrogens is 410 g/mol. The summed E-state index contributed by atoms with van der Waals surface area (Å²) in [6, 6.07) is 8.76. The Bertz CT molecular complexity index is 1010. The Morgan fingerprint density at radius 1 is 1.16 bits per heavy atom. The summed E-state index contributed by atoms with van der Waals surface area (Å²) in [6.45, 7) is 21.8. The molecule has 3 rings (SSSR count). The zero-order valence-electron chi connectivity index (χ0n) is 19.2. The number of amides is 1. The van der Waals surface area contributed by atoms with Crippen molar-refractivity contribution in [1.82, 2.24) is 10.3 Å². The summed E-state index contributed by atoms with van der Waals surface area (Å²) in [6.07, 6.45) is 1.50. The molecule has 1 N–H and O–H groups in total. The fourth-order valence-electron chi connectivity index (χ4n) is 4.77. The van der Waals surface area contributed by atoms with E-state index in [1.807, 2.05) is 12.1 Å². The molecule has 1 fully saturated rings. The maximum absolute atomic E-state index is 12.9. The second-order valence-corrected chi connectivity index (χ2v) is 10.9. The van der Waals surface area contributed by atoms with Gasteiger partial charge in [0, 0.05) is 34.2 Å². The van der Waals surface area contributed by atoms with Gasteiger partial charge in [0.25, 0.3) is 5.91 Å². The highest BCUT2D eigenvalue weighted by Gasteiger charge is 2.64. The molecule has 1 amide bonds. The van der Waals surface area contributed by atoms with Gasteiger partial charge in [0.05, 0.1) is 17.2 Å². The lowest BCUT2D eigenvalue weighted by Gasteiger charge is -2.63. The van der Waals surface area contributed by atoms with Gasteiger partial charge < -0.3 is 10.1 Å². The van der Waals surface area contributed by atoms with Crippen LogP contribution in [0.3, 0.4) is 0 Å². The molecule has 0 radical (unpaired) electrons. The van der Waals surface area contributed by atoms with Crippen molar-refractivity contribution < 1.29 is 9.53 Å². The van der Waals surface area contributed by atoms with E-state index in [1.165, 1.54) is 0 Å². The lowest BCUT2D eigenvalue weighted by Crippen LogP contribution is -2.74. The monoisotopic (exact) mass is 439 g/mol. The molecular formula is C25H30ClN3O2. The van der Waals surface area contributed by atoms with Gasteiger partial charge in [-0.05, 0) is 24.3 Å². The van der Waals surface area contributed by atoms with Gasteiger partial charge >= 0.3 is 0 Å². The standard InChI is InChI=1S/C25H30ClN3O2/c1-23(2,3)19-12-9-15(14-28-19)20(30)29-21-24(4,5)22(25(21,6)7)31-16-10-11-18(27-8)17(26)13-16/h9-14,21-22H,1-7H3,(H,29,30). The van der Waals surface area contributed by atoms with Crippen molar-refractivity contribution in [3.63, 3.8) is 0 Å². The molecule has 0 unspecified atom stereocenters. The first-order valence-electron chi connectivity index (χ1n) is 10.4. The number of carbonyl (C=O) groups excluding carboxylic acids is 1. The van der Waals surface area contributed by atoms with Crippen molar-refractivity contribution in [3.05, 3.63) is 64.2 Å². The van der Waals surface area contributed by atoms with E-state index >= 15 is 0 Å². The van der Waals surface area contributed by atoms with Crippen LogP contribution < -0.4 is 10.1 Å². The average molecular weight is 440 g/mol. The first-order valence-corrected chi connectivity index (χ1v) is 10.8. The molecule has 0 spiro atoms. The highest BCUT2D eigenvalue weighted by Crippen LogP contribution is 2.55. The van der Waals surface area contributed by atoms with Crippen molar-refractivity contribution in [2.24, 2.45) is 10.8 Å². The third-order valence-corrected chi connectivity index (χ3v) is 6.51. The number of benzene rings is 1. The van der Waals surface area contributed by atoms with Crippen LogP contribution in [0.25, 0.3) is 4.85 Å². The van der Waals surface area contributed by atoms with Gasteiger partial charge in [-0.1, -0.05) is 66.1 Å². The lowest BCUT2D eigenvalue weighted by molar-refractivity contribution is -0.164. The van der Waals surface area contributed by atoms with Crippen molar-refractivity contribution >= 4 is 23.2 Å². The number of pyridine rings is 1. The smallest absolute Gasteiger partial charge is 0.253 e. The topological polar surface area (TPSA) is 55.6 Å². The van der Waals surface area contributed by atoms with E-state index in [4.69, 9.17) is 22.9 Å². The highest BCUT2D eigenvalue weighted by molar-refractivity contribution is 6.33. The van der Waals surface area contributed by atoms with Crippen molar-refractivity contribution in [1.29, 1.82) is 0 Å². The largest absolute Gasteiger partial charge is 0.489 e. The molecule has 1 aliphatic carbocycles. The molecule has 0 atom stereocenters. The first-order chi connectivity index (χ1) is 14.3. The molecule has 5 nitrogen and oxygen atoms in total. The molecule has 1 aliphatic rings. The Balaban J connectivity index is 1.74. The van der Waals surface area contributed by atoms with Crippen LogP contribution in [0, 0.1) is 17.4 Å². The maximum Gasteiger partial charge on any atom is 0.253 e. The quantitative estimate of drug-likeness (QED) is 0.577. The predicted octanol–water partition coefficient (Wildman–Crippen LogP) is 6.20. The normalized spacial score (nSPS) is 21.5. The summed E-state index contributed by atoms with van der Waals surface area (Å²) < 4.78 is 6.28. The van der Waals surface area contributed by atoms with Gasteiger partial charge in [0.2, 0.25) is 5.69 Å². The number of carbonyl (C=O) groups is 1. The Labute approximate surface area is 190 Å². The summed E-state index contributed by atoms with van der Waals surface area (Å²) in [4.78, 5) is 20.8. The zero-order valence-corrected chi connectivity index (χ0v) is 20.0. The van der Waals surface area contributed by atoms with E-state index in [0.717, 1.165) is 5.69 Å². The van der Waals surface area contributed by atoms with Crippen LogP contribution in [0.5, 0.6) is 5.75 Å². The Kier molecular flexibility index (Phi) is 5.84. The van der Waals surface area contributed by atoms with Gasteiger partial charge in [0.1, 0.15) is 11.9 Å². The fourth-order valence-corrected chi connectivity index (χ4v) is 4.99. The summed E-state index contributed by atoms with van der Waals surface area (Å²) in [7, 11) is 0. The number of halogens is 1. The molecule has 31 heavy (non-hydrogen) atoms. The minimum absolute atomic E-state index is 0.0621. The molecule has 0 aliphatic heterocycles. The second kappa shape index (κ2) is 7.84. The maximum atomic E-state index is 12.9. The minimum Gasteiger partial charge on any atom is -0.489 e. The Morgan fingerprint density at radius 2 is 1.81 bits per heavy atom.